The zero-order valence-electron chi connectivity index (χ0n) is 14.0. The molecule has 4 aromatic rings. The fourth-order valence-electron chi connectivity index (χ4n) is 2.69. The maximum atomic E-state index is 13.4. The highest BCUT2D eigenvalue weighted by Crippen LogP contribution is 2.25. The third-order valence-electron chi connectivity index (χ3n) is 3.95. The molecule has 0 aliphatic heterocycles. The second-order valence-corrected chi connectivity index (χ2v) is 7.18. The van der Waals surface area contributed by atoms with Crippen LogP contribution in [-0.2, 0) is 5.75 Å². The predicted octanol–water partition coefficient (Wildman–Crippen LogP) is 4.87. The van der Waals surface area contributed by atoms with Gasteiger partial charge in [0.15, 0.2) is 10.8 Å². The van der Waals surface area contributed by atoms with Crippen molar-refractivity contribution in [1.82, 2.24) is 14.5 Å². The fraction of sp³-hybridized carbons (Fsp3) is 0.0500. The second-order valence-electron chi connectivity index (χ2n) is 5.80. The van der Waals surface area contributed by atoms with Crippen LogP contribution in [0.2, 0.25) is 5.02 Å². The van der Waals surface area contributed by atoms with E-state index in [2.05, 4.69) is 9.97 Å². The Bertz CT molecular complexity index is 1180. The summed E-state index contributed by atoms with van der Waals surface area (Å²) in [5.41, 5.74) is 1.63. The molecule has 0 aliphatic carbocycles. The molecule has 0 saturated heterocycles. The van der Waals surface area contributed by atoms with Crippen LogP contribution in [0.25, 0.3) is 16.7 Å². The highest BCUT2D eigenvalue weighted by atomic mass is 35.5. The monoisotopic (exact) mass is 397 g/mol. The van der Waals surface area contributed by atoms with E-state index in [1.807, 2.05) is 6.07 Å². The van der Waals surface area contributed by atoms with Gasteiger partial charge >= 0.3 is 0 Å². The van der Waals surface area contributed by atoms with Gasteiger partial charge in [0.1, 0.15) is 5.82 Å². The van der Waals surface area contributed by atoms with Crippen molar-refractivity contribution in [3.8, 4) is 5.69 Å². The third kappa shape index (κ3) is 3.72. The average molecular weight is 398 g/mol. The first-order valence-corrected chi connectivity index (χ1v) is 9.49. The fourth-order valence-corrected chi connectivity index (χ4v) is 3.76. The lowest BCUT2D eigenvalue weighted by molar-refractivity contribution is 0.626. The standard InChI is InChI=1S/C20H13ClFN3OS/c21-14-6-8-16(9-7-14)25-19(26)17-5-2-10-23-18(17)24-20(25)27-12-13-3-1-4-15(22)11-13/h1-11H,12H2. The van der Waals surface area contributed by atoms with Crippen molar-refractivity contribution in [2.45, 2.75) is 10.9 Å². The number of fused-ring (bicyclic) bond motifs is 1. The largest absolute Gasteiger partial charge is 0.268 e. The topological polar surface area (TPSA) is 47.8 Å². The van der Waals surface area contributed by atoms with E-state index < -0.39 is 0 Å². The lowest BCUT2D eigenvalue weighted by Gasteiger charge is -2.13. The van der Waals surface area contributed by atoms with Crippen molar-refractivity contribution < 1.29 is 4.39 Å². The molecule has 0 fully saturated rings. The lowest BCUT2D eigenvalue weighted by atomic mass is 10.2. The Morgan fingerprint density at radius 2 is 1.89 bits per heavy atom. The molecule has 27 heavy (non-hydrogen) atoms. The summed E-state index contributed by atoms with van der Waals surface area (Å²) in [6, 6.07) is 16.7. The van der Waals surface area contributed by atoms with Gasteiger partial charge in [-0.1, -0.05) is 35.5 Å². The number of hydrogen-bond donors (Lipinski definition) is 0. The van der Waals surface area contributed by atoms with E-state index in [4.69, 9.17) is 11.6 Å². The number of nitrogens with zero attached hydrogens (tertiary/aromatic N) is 3. The summed E-state index contributed by atoms with van der Waals surface area (Å²) in [6.07, 6.45) is 1.60. The number of pyridine rings is 1. The predicted molar refractivity (Wildman–Crippen MR) is 106 cm³/mol. The molecular weight excluding hydrogens is 385 g/mol. The Morgan fingerprint density at radius 1 is 1.07 bits per heavy atom. The van der Waals surface area contributed by atoms with Gasteiger partial charge in [0.2, 0.25) is 0 Å². The quantitative estimate of drug-likeness (QED) is 0.364. The molecule has 7 heteroatoms. The van der Waals surface area contributed by atoms with Gasteiger partial charge in [-0.3, -0.25) is 9.36 Å². The number of hydrogen-bond acceptors (Lipinski definition) is 4. The molecule has 2 aromatic carbocycles. The van der Waals surface area contributed by atoms with E-state index in [9.17, 15) is 9.18 Å². The smallest absolute Gasteiger partial charge is 0.268 e. The van der Waals surface area contributed by atoms with Crippen LogP contribution < -0.4 is 5.56 Å². The van der Waals surface area contributed by atoms with E-state index in [1.54, 1.807) is 48.7 Å². The molecule has 2 heterocycles. The molecule has 0 N–H and O–H groups in total. The van der Waals surface area contributed by atoms with Crippen molar-refractivity contribution >= 4 is 34.4 Å². The van der Waals surface area contributed by atoms with Crippen molar-refractivity contribution in [3.05, 3.63) is 93.6 Å². The minimum atomic E-state index is -0.295. The summed E-state index contributed by atoms with van der Waals surface area (Å²) in [7, 11) is 0. The SMILES string of the molecule is O=c1c2cccnc2nc(SCc2cccc(F)c2)n1-c1ccc(Cl)cc1. The van der Waals surface area contributed by atoms with Crippen LogP contribution in [0.3, 0.4) is 0 Å². The number of thioether (sulfide) groups is 1. The summed E-state index contributed by atoms with van der Waals surface area (Å²) < 4.78 is 15.0. The molecule has 2 aromatic heterocycles. The van der Waals surface area contributed by atoms with Gasteiger partial charge in [0.05, 0.1) is 11.1 Å². The van der Waals surface area contributed by atoms with Crippen molar-refractivity contribution in [2.24, 2.45) is 0 Å². The summed E-state index contributed by atoms with van der Waals surface area (Å²) in [5, 5.41) is 1.50. The number of benzene rings is 2. The molecule has 4 nitrogen and oxygen atoms in total. The van der Waals surface area contributed by atoms with Crippen LogP contribution in [0, 0.1) is 5.82 Å². The van der Waals surface area contributed by atoms with Gasteiger partial charge < -0.3 is 0 Å². The Morgan fingerprint density at radius 3 is 2.67 bits per heavy atom. The zero-order chi connectivity index (χ0) is 18.8. The zero-order valence-corrected chi connectivity index (χ0v) is 15.5. The van der Waals surface area contributed by atoms with Gasteiger partial charge in [-0.25, -0.2) is 14.4 Å². The first-order valence-electron chi connectivity index (χ1n) is 8.13. The maximum absolute atomic E-state index is 13.4. The molecule has 0 atom stereocenters. The Kier molecular flexibility index (Phi) is 4.92. The minimum absolute atomic E-state index is 0.211. The van der Waals surface area contributed by atoms with E-state index in [-0.39, 0.29) is 11.4 Å². The van der Waals surface area contributed by atoms with Crippen LogP contribution >= 0.6 is 23.4 Å². The van der Waals surface area contributed by atoms with Gasteiger partial charge in [-0.05, 0) is 54.1 Å². The maximum Gasteiger partial charge on any atom is 0.268 e. The van der Waals surface area contributed by atoms with Gasteiger partial charge in [-0.2, -0.15) is 0 Å². The van der Waals surface area contributed by atoms with Crippen molar-refractivity contribution in [3.63, 3.8) is 0 Å². The Balaban J connectivity index is 1.83. The van der Waals surface area contributed by atoms with Gasteiger partial charge in [0.25, 0.3) is 5.56 Å². The molecule has 4 rings (SSSR count). The normalized spacial score (nSPS) is 11.0. The number of rotatable bonds is 4. The molecule has 0 saturated carbocycles. The number of halogens is 2. The van der Waals surface area contributed by atoms with Crippen LogP contribution in [0.4, 0.5) is 4.39 Å². The molecule has 0 aliphatic rings. The minimum Gasteiger partial charge on any atom is -0.268 e. The molecule has 0 bridgehead atoms. The van der Waals surface area contributed by atoms with E-state index in [0.717, 1.165) is 5.56 Å². The lowest BCUT2D eigenvalue weighted by Crippen LogP contribution is -2.22. The first kappa shape index (κ1) is 17.7. The summed E-state index contributed by atoms with van der Waals surface area (Å²) in [5.74, 6) is 0.173. The highest BCUT2D eigenvalue weighted by Gasteiger charge is 2.14. The molecular formula is C20H13ClFN3OS. The third-order valence-corrected chi connectivity index (χ3v) is 5.22. The second kappa shape index (κ2) is 7.50. The highest BCUT2D eigenvalue weighted by molar-refractivity contribution is 7.98. The van der Waals surface area contributed by atoms with E-state index in [1.165, 1.54) is 28.5 Å². The summed E-state index contributed by atoms with van der Waals surface area (Å²) in [4.78, 5) is 21.8. The molecule has 134 valence electrons. The van der Waals surface area contributed by atoms with Crippen LogP contribution in [-0.4, -0.2) is 14.5 Å². The summed E-state index contributed by atoms with van der Waals surface area (Å²) >= 11 is 7.33. The van der Waals surface area contributed by atoms with Crippen LogP contribution in [0.1, 0.15) is 5.56 Å². The molecule has 0 unspecified atom stereocenters. The van der Waals surface area contributed by atoms with Crippen LogP contribution in [0.15, 0.2) is 76.8 Å². The van der Waals surface area contributed by atoms with Crippen molar-refractivity contribution in [1.29, 1.82) is 0 Å². The number of aromatic nitrogens is 3. The van der Waals surface area contributed by atoms with Gasteiger partial charge in [-0.15, -0.1) is 0 Å². The Labute approximate surface area is 163 Å². The first-order chi connectivity index (χ1) is 13.1. The molecule has 0 radical (unpaired) electrons. The van der Waals surface area contributed by atoms with E-state index in [0.29, 0.717) is 32.7 Å². The molecule has 0 spiro atoms. The molecule has 0 amide bonds. The average Bonchev–Trinajstić information content (AvgIpc) is 2.68. The van der Waals surface area contributed by atoms with Crippen LogP contribution in [0.5, 0.6) is 0 Å². The summed E-state index contributed by atoms with van der Waals surface area (Å²) in [6.45, 7) is 0. The van der Waals surface area contributed by atoms with E-state index >= 15 is 0 Å². The van der Waals surface area contributed by atoms with Gasteiger partial charge in [0, 0.05) is 17.0 Å². The van der Waals surface area contributed by atoms with Crippen molar-refractivity contribution in [2.75, 3.05) is 0 Å². The Hall–Kier alpha value is -2.70.